The first-order valence-electron chi connectivity index (χ1n) is 6.39. The van der Waals surface area contributed by atoms with Gasteiger partial charge >= 0.3 is 0 Å². The van der Waals surface area contributed by atoms with Gasteiger partial charge in [-0.15, -0.1) is 0 Å². The third-order valence-electron chi connectivity index (χ3n) is 2.88. The summed E-state index contributed by atoms with van der Waals surface area (Å²) >= 11 is 6.55. The standard InChI is InChI=1S/C13H15Br2N3O2S/c14-11-3-4-12(15)13(9-11)21(19,20)17-5-1-2-7-18-8-6-16-10-18/h3-4,6,8-10,17H,1-2,5,7H2. The minimum Gasteiger partial charge on any atom is -0.337 e. The smallest absolute Gasteiger partial charge is 0.241 e. The zero-order valence-electron chi connectivity index (χ0n) is 11.2. The Morgan fingerprint density at radius 1 is 1.24 bits per heavy atom. The number of unbranched alkanes of at least 4 members (excludes halogenated alkanes) is 1. The van der Waals surface area contributed by atoms with Crippen molar-refractivity contribution in [2.45, 2.75) is 24.3 Å². The molecule has 0 saturated heterocycles. The molecule has 0 atom stereocenters. The predicted molar refractivity (Wildman–Crippen MR) is 88.5 cm³/mol. The average molecular weight is 437 g/mol. The lowest BCUT2D eigenvalue weighted by Crippen LogP contribution is -2.25. The summed E-state index contributed by atoms with van der Waals surface area (Å²) < 4.78 is 30.3. The molecule has 0 saturated carbocycles. The fourth-order valence-corrected chi connectivity index (χ4v) is 4.38. The van der Waals surface area contributed by atoms with Crippen molar-refractivity contribution in [3.8, 4) is 0 Å². The number of hydrogen-bond donors (Lipinski definition) is 1. The van der Waals surface area contributed by atoms with Crippen molar-refractivity contribution in [2.75, 3.05) is 6.54 Å². The van der Waals surface area contributed by atoms with Gasteiger partial charge in [-0.3, -0.25) is 0 Å². The second-order valence-corrected chi connectivity index (χ2v) is 7.99. The monoisotopic (exact) mass is 435 g/mol. The Bertz CT molecular complexity index is 687. The molecule has 1 heterocycles. The third-order valence-corrected chi connectivity index (χ3v) is 5.83. The minimum absolute atomic E-state index is 0.242. The molecule has 0 fully saturated rings. The Balaban J connectivity index is 1.85. The second-order valence-electron chi connectivity index (χ2n) is 4.48. The van der Waals surface area contributed by atoms with Crippen molar-refractivity contribution in [2.24, 2.45) is 0 Å². The molecule has 0 spiro atoms. The van der Waals surface area contributed by atoms with Gasteiger partial charge in [0.2, 0.25) is 10.0 Å². The first kappa shape index (κ1) is 16.7. The average Bonchev–Trinajstić information content (AvgIpc) is 2.94. The summed E-state index contributed by atoms with van der Waals surface area (Å²) in [6.07, 6.45) is 7.03. The van der Waals surface area contributed by atoms with Crippen molar-refractivity contribution in [3.05, 3.63) is 45.9 Å². The molecule has 1 aromatic carbocycles. The molecule has 2 rings (SSSR count). The quantitative estimate of drug-likeness (QED) is 0.678. The number of benzene rings is 1. The molecule has 0 bridgehead atoms. The number of imidazole rings is 1. The Morgan fingerprint density at radius 2 is 2.05 bits per heavy atom. The molecule has 5 nitrogen and oxygen atoms in total. The zero-order valence-corrected chi connectivity index (χ0v) is 15.2. The van der Waals surface area contributed by atoms with Gasteiger partial charge in [0.15, 0.2) is 0 Å². The highest BCUT2D eigenvalue weighted by atomic mass is 79.9. The van der Waals surface area contributed by atoms with Gasteiger partial charge in [0, 0.05) is 34.4 Å². The molecule has 21 heavy (non-hydrogen) atoms. The van der Waals surface area contributed by atoms with Gasteiger partial charge in [-0.1, -0.05) is 15.9 Å². The van der Waals surface area contributed by atoms with Crippen LogP contribution in [0, 0.1) is 0 Å². The van der Waals surface area contributed by atoms with Crippen molar-refractivity contribution in [1.29, 1.82) is 0 Å². The molecular formula is C13H15Br2N3O2S. The van der Waals surface area contributed by atoms with E-state index in [1.165, 1.54) is 0 Å². The summed E-state index contributed by atoms with van der Waals surface area (Å²) in [5.74, 6) is 0. The SMILES string of the molecule is O=S(=O)(NCCCCn1ccnc1)c1cc(Br)ccc1Br. The fraction of sp³-hybridized carbons (Fsp3) is 0.308. The number of aromatic nitrogens is 2. The Kier molecular flexibility index (Phi) is 5.98. The van der Waals surface area contributed by atoms with E-state index < -0.39 is 10.0 Å². The molecule has 1 N–H and O–H groups in total. The highest BCUT2D eigenvalue weighted by Crippen LogP contribution is 2.25. The van der Waals surface area contributed by atoms with Gasteiger partial charge < -0.3 is 4.57 Å². The summed E-state index contributed by atoms with van der Waals surface area (Å²) in [6.45, 7) is 1.25. The van der Waals surface area contributed by atoms with Gasteiger partial charge in [0.25, 0.3) is 0 Å². The molecule has 114 valence electrons. The number of nitrogens with one attached hydrogen (secondary N) is 1. The molecule has 0 unspecified atom stereocenters. The van der Waals surface area contributed by atoms with Crippen LogP contribution in [0.25, 0.3) is 0 Å². The third kappa shape index (κ3) is 4.91. The van der Waals surface area contributed by atoms with Crippen LogP contribution in [-0.4, -0.2) is 24.5 Å². The lowest BCUT2D eigenvalue weighted by atomic mass is 10.3. The topological polar surface area (TPSA) is 64.0 Å². The van der Waals surface area contributed by atoms with Crippen LogP contribution in [0.3, 0.4) is 0 Å². The van der Waals surface area contributed by atoms with Crippen LogP contribution in [0.5, 0.6) is 0 Å². The van der Waals surface area contributed by atoms with Gasteiger partial charge in [-0.05, 0) is 47.0 Å². The first-order chi connectivity index (χ1) is 9.99. The number of aryl methyl sites for hydroxylation is 1. The van der Waals surface area contributed by atoms with Crippen LogP contribution >= 0.6 is 31.9 Å². The highest BCUT2D eigenvalue weighted by molar-refractivity contribution is 9.11. The molecule has 0 aliphatic rings. The van der Waals surface area contributed by atoms with Crippen LogP contribution < -0.4 is 4.72 Å². The van der Waals surface area contributed by atoms with Gasteiger partial charge in [-0.25, -0.2) is 18.1 Å². The molecule has 0 aliphatic heterocycles. The number of halogens is 2. The van der Waals surface area contributed by atoms with Crippen LogP contribution in [0.4, 0.5) is 0 Å². The largest absolute Gasteiger partial charge is 0.337 e. The molecular weight excluding hydrogens is 422 g/mol. The van der Waals surface area contributed by atoms with E-state index >= 15 is 0 Å². The van der Waals surface area contributed by atoms with E-state index in [-0.39, 0.29) is 4.90 Å². The van der Waals surface area contributed by atoms with Crippen molar-refractivity contribution in [1.82, 2.24) is 14.3 Å². The summed E-state index contributed by atoms with van der Waals surface area (Å²) in [4.78, 5) is 4.20. The number of rotatable bonds is 7. The number of sulfonamides is 1. The minimum atomic E-state index is -3.49. The van der Waals surface area contributed by atoms with E-state index in [0.29, 0.717) is 11.0 Å². The van der Waals surface area contributed by atoms with E-state index in [4.69, 9.17) is 0 Å². The molecule has 0 radical (unpaired) electrons. The Morgan fingerprint density at radius 3 is 2.76 bits per heavy atom. The molecule has 1 aromatic heterocycles. The van der Waals surface area contributed by atoms with E-state index in [1.54, 1.807) is 30.7 Å². The van der Waals surface area contributed by atoms with Crippen LogP contribution in [0.1, 0.15) is 12.8 Å². The lowest BCUT2D eigenvalue weighted by molar-refractivity contribution is 0.565. The number of nitrogens with zero attached hydrogens (tertiary/aromatic N) is 2. The molecule has 2 aromatic rings. The van der Waals surface area contributed by atoms with Gasteiger partial charge in [-0.2, -0.15) is 0 Å². The van der Waals surface area contributed by atoms with Crippen molar-refractivity contribution < 1.29 is 8.42 Å². The van der Waals surface area contributed by atoms with E-state index in [1.807, 2.05) is 10.8 Å². The van der Waals surface area contributed by atoms with E-state index in [9.17, 15) is 8.42 Å². The maximum absolute atomic E-state index is 12.2. The Labute approximate surface area is 141 Å². The van der Waals surface area contributed by atoms with Crippen molar-refractivity contribution in [3.63, 3.8) is 0 Å². The van der Waals surface area contributed by atoms with Crippen LogP contribution in [0.2, 0.25) is 0 Å². The summed E-state index contributed by atoms with van der Waals surface area (Å²) in [5.41, 5.74) is 0. The summed E-state index contributed by atoms with van der Waals surface area (Å²) in [7, 11) is -3.49. The summed E-state index contributed by atoms with van der Waals surface area (Å²) in [5, 5.41) is 0. The van der Waals surface area contributed by atoms with Crippen LogP contribution in [-0.2, 0) is 16.6 Å². The van der Waals surface area contributed by atoms with Gasteiger partial charge in [0.05, 0.1) is 11.2 Å². The van der Waals surface area contributed by atoms with E-state index in [0.717, 1.165) is 23.9 Å². The first-order valence-corrected chi connectivity index (χ1v) is 9.46. The zero-order chi connectivity index (χ0) is 15.3. The second kappa shape index (κ2) is 7.53. The predicted octanol–water partition coefficient (Wildman–Crippen LogP) is 3.17. The molecule has 0 amide bonds. The molecule has 8 heteroatoms. The normalized spacial score (nSPS) is 11.7. The fourth-order valence-electron chi connectivity index (χ4n) is 1.81. The Hall–Kier alpha value is -0.700. The van der Waals surface area contributed by atoms with Gasteiger partial charge in [0.1, 0.15) is 0 Å². The number of hydrogen-bond acceptors (Lipinski definition) is 3. The maximum Gasteiger partial charge on any atom is 0.241 e. The summed E-state index contributed by atoms with van der Waals surface area (Å²) in [6, 6.07) is 5.07. The van der Waals surface area contributed by atoms with Crippen molar-refractivity contribution >= 4 is 41.9 Å². The van der Waals surface area contributed by atoms with E-state index in [2.05, 4.69) is 41.6 Å². The molecule has 0 aliphatic carbocycles. The van der Waals surface area contributed by atoms with Crippen LogP contribution in [0.15, 0.2) is 50.8 Å². The highest BCUT2D eigenvalue weighted by Gasteiger charge is 2.17. The lowest BCUT2D eigenvalue weighted by Gasteiger charge is -2.09. The maximum atomic E-state index is 12.2.